The summed E-state index contributed by atoms with van der Waals surface area (Å²) in [6, 6.07) is 14.9. The van der Waals surface area contributed by atoms with Crippen molar-refractivity contribution in [3.05, 3.63) is 70.9 Å². The number of nitrogens with one attached hydrogen (secondary N) is 1. The van der Waals surface area contributed by atoms with Crippen molar-refractivity contribution in [2.75, 3.05) is 5.32 Å². The minimum atomic E-state index is -0.555. The highest BCUT2D eigenvalue weighted by atomic mass is 16.3. The number of amides is 3. The first-order valence-electron chi connectivity index (χ1n) is 7.25. The molecule has 2 N–H and O–H groups in total. The third-order valence-electron chi connectivity index (χ3n) is 3.81. The fourth-order valence-electron chi connectivity index (χ4n) is 2.65. The van der Waals surface area contributed by atoms with Crippen LogP contribution in [0.25, 0.3) is 10.8 Å². The number of carbonyl (C=O) groups is 2. The van der Waals surface area contributed by atoms with Gasteiger partial charge in [0.1, 0.15) is 5.75 Å². The summed E-state index contributed by atoms with van der Waals surface area (Å²) < 4.78 is 0. The molecule has 0 aliphatic carbocycles. The van der Waals surface area contributed by atoms with Gasteiger partial charge in [-0.1, -0.05) is 30.3 Å². The third kappa shape index (κ3) is 2.30. The molecule has 0 spiro atoms. The van der Waals surface area contributed by atoms with Crippen LogP contribution in [-0.2, 0) is 0 Å². The van der Waals surface area contributed by atoms with Gasteiger partial charge >= 0.3 is 6.03 Å². The van der Waals surface area contributed by atoms with Gasteiger partial charge in [-0.3, -0.25) is 4.79 Å². The Morgan fingerprint density at radius 2 is 1.75 bits per heavy atom. The monoisotopic (exact) mass is 317 g/mol. The first-order chi connectivity index (χ1) is 11.6. The van der Waals surface area contributed by atoms with Crippen LogP contribution in [0.1, 0.15) is 10.4 Å². The van der Waals surface area contributed by atoms with Crippen molar-refractivity contribution in [1.82, 2.24) is 0 Å². The Labute approximate surface area is 135 Å². The predicted molar refractivity (Wildman–Crippen MR) is 87.7 cm³/mol. The number of nitrogens with zero attached hydrogens (tertiary/aromatic N) is 2. The van der Waals surface area contributed by atoms with Gasteiger partial charge in [-0.15, -0.1) is 0 Å². The summed E-state index contributed by atoms with van der Waals surface area (Å²) in [4.78, 5) is 31.1. The average Bonchev–Trinajstić information content (AvgIpc) is 2.94. The normalized spacial score (nSPS) is 12.4. The highest BCUT2D eigenvalue weighted by molar-refractivity contribution is 6.09. The van der Waals surface area contributed by atoms with Crippen molar-refractivity contribution in [2.45, 2.75) is 0 Å². The molecule has 3 amide bonds. The fraction of sp³-hybridized carbons (Fsp3) is 0. The number of hydrogen-bond acceptors (Lipinski definition) is 3. The van der Waals surface area contributed by atoms with Crippen LogP contribution in [-0.4, -0.2) is 17.0 Å². The Balaban J connectivity index is 1.70. The minimum absolute atomic E-state index is 0.0679. The Kier molecular flexibility index (Phi) is 3.09. The molecule has 6 heteroatoms. The summed E-state index contributed by atoms with van der Waals surface area (Å²) in [5.74, 6) is -0.513. The van der Waals surface area contributed by atoms with Crippen molar-refractivity contribution in [1.29, 1.82) is 0 Å². The molecule has 116 valence electrons. The lowest BCUT2D eigenvalue weighted by Crippen LogP contribution is -2.23. The number of phenolic OH excluding ortho intramolecular Hbond substituents is 1. The topological polar surface area (TPSA) is 91.1 Å². The number of urea groups is 1. The molecular formula is C18H11N3O3. The van der Waals surface area contributed by atoms with E-state index in [0.717, 1.165) is 5.39 Å². The molecule has 3 aromatic rings. The first-order valence-corrected chi connectivity index (χ1v) is 7.25. The molecular weight excluding hydrogens is 306 g/mol. The van der Waals surface area contributed by atoms with E-state index in [1.54, 1.807) is 42.5 Å². The van der Waals surface area contributed by atoms with E-state index in [1.807, 2.05) is 12.1 Å². The zero-order chi connectivity index (χ0) is 16.7. The number of rotatable bonds is 2. The molecule has 3 aromatic carbocycles. The molecule has 0 saturated carbocycles. The van der Waals surface area contributed by atoms with E-state index in [0.29, 0.717) is 21.8 Å². The number of carbonyl (C=O) groups excluding carboxylic acids is 2. The van der Waals surface area contributed by atoms with Crippen LogP contribution < -0.4 is 16.0 Å². The van der Waals surface area contributed by atoms with Crippen LogP contribution in [0.4, 0.5) is 10.5 Å². The second-order valence-electron chi connectivity index (χ2n) is 5.35. The standard InChI is InChI=1S/C18H11N3O3/c22-16-12-4-2-1-3-10(12)5-7-13(16)17(23)19-11-6-8-14-15(9-11)21-18(24)20-14/h1-9,22H,(H,19,23). The number of fused-ring (bicyclic) bond motifs is 2. The lowest BCUT2D eigenvalue weighted by molar-refractivity contribution is 0.102. The van der Waals surface area contributed by atoms with Gasteiger partial charge in [-0.05, 0) is 29.7 Å². The van der Waals surface area contributed by atoms with E-state index >= 15 is 0 Å². The maximum Gasteiger partial charge on any atom is 0.368 e. The van der Waals surface area contributed by atoms with Crippen molar-refractivity contribution in [3.63, 3.8) is 0 Å². The quantitative estimate of drug-likeness (QED) is 0.759. The van der Waals surface area contributed by atoms with Gasteiger partial charge < -0.3 is 10.4 Å². The SMILES string of the molecule is O=C1N=c2ccc(NC(=O)c3ccc4ccccc4c3O)cc2=N1. The molecule has 1 aliphatic heterocycles. The predicted octanol–water partition coefficient (Wildman–Crippen LogP) is 2.17. The Hall–Kier alpha value is -3.54. The van der Waals surface area contributed by atoms with Crippen LogP contribution in [0, 0.1) is 0 Å². The number of hydrogen-bond donors (Lipinski definition) is 2. The first kappa shape index (κ1) is 14.1. The lowest BCUT2D eigenvalue weighted by Gasteiger charge is -2.09. The van der Waals surface area contributed by atoms with Crippen LogP contribution >= 0.6 is 0 Å². The minimum Gasteiger partial charge on any atom is -0.506 e. The van der Waals surface area contributed by atoms with Crippen LogP contribution in [0.5, 0.6) is 5.75 Å². The smallest absolute Gasteiger partial charge is 0.368 e. The zero-order valence-electron chi connectivity index (χ0n) is 12.4. The molecule has 6 nitrogen and oxygen atoms in total. The highest BCUT2D eigenvalue weighted by Gasteiger charge is 2.14. The maximum atomic E-state index is 12.5. The van der Waals surface area contributed by atoms with Gasteiger partial charge in [0.05, 0.1) is 16.3 Å². The molecule has 1 heterocycles. The summed E-state index contributed by atoms with van der Waals surface area (Å²) in [6.45, 7) is 0. The van der Waals surface area contributed by atoms with Crippen molar-refractivity contribution in [2.24, 2.45) is 9.98 Å². The maximum absolute atomic E-state index is 12.5. The van der Waals surface area contributed by atoms with E-state index in [4.69, 9.17) is 0 Å². The second-order valence-corrected chi connectivity index (χ2v) is 5.35. The molecule has 4 rings (SSSR count). The summed E-state index contributed by atoms with van der Waals surface area (Å²) in [6.07, 6.45) is 0. The van der Waals surface area contributed by atoms with E-state index in [2.05, 4.69) is 15.3 Å². The lowest BCUT2D eigenvalue weighted by atomic mass is 10.0. The molecule has 0 aromatic heterocycles. The Morgan fingerprint density at radius 1 is 0.958 bits per heavy atom. The van der Waals surface area contributed by atoms with Gasteiger partial charge in [-0.2, -0.15) is 9.98 Å². The molecule has 0 saturated heterocycles. The molecule has 0 fully saturated rings. The van der Waals surface area contributed by atoms with E-state index < -0.39 is 11.9 Å². The van der Waals surface area contributed by atoms with Gasteiger partial charge in [0, 0.05) is 11.1 Å². The van der Waals surface area contributed by atoms with Gasteiger partial charge in [-0.25, -0.2) is 4.79 Å². The van der Waals surface area contributed by atoms with Crippen molar-refractivity contribution < 1.29 is 14.7 Å². The number of benzene rings is 3. The van der Waals surface area contributed by atoms with Gasteiger partial charge in [0.2, 0.25) is 0 Å². The number of anilines is 1. The molecule has 1 aliphatic rings. The van der Waals surface area contributed by atoms with Gasteiger partial charge in [0.25, 0.3) is 5.91 Å². The van der Waals surface area contributed by atoms with Crippen molar-refractivity contribution in [3.8, 4) is 5.75 Å². The summed E-state index contributed by atoms with van der Waals surface area (Å²) in [5.41, 5.74) is 0.645. The van der Waals surface area contributed by atoms with E-state index in [1.165, 1.54) is 0 Å². The highest BCUT2D eigenvalue weighted by Crippen LogP contribution is 2.28. The second kappa shape index (κ2) is 5.27. The van der Waals surface area contributed by atoms with E-state index in [9.17, 15) is 14.7 Å². The molecule has 0 radical (unpaired) electrons. The summed E-state index contributed by atoms with van der Waals surface area (Å²) in [5, 5.41) is 15.4. The molecule has 24 heavy (non-hydrogen) atoms. The number of phenols is 1. The van der Waals surface area contributed by atoms with Crippen molar-refractivity contribution >= 4 is 28.4 Å². The van der Waals surface area contributed by atoms with Crippen LogP contribution in [0.15, 0.2) is 64.6 Å². The average molecular weight is 317 g/mol. The van der Waals surface area contributed by atoms with Crippen LogP contribution in [0.3, 0.4) is 0 Å². The fourth-order valence-corrected chi connectivity index (χ4v) is 2.65. The zero-order valence-corrected chi connectivity index (χ0v) is 12.4. The molecule has 0 unspecified atom stereocenters. The molecule has 0 atom stereocenters. The summed E-state index contributed by atoms with van der Waals surface area (Å²) in [7, 11) is 0. The van der Waals surface area contributed by atoms with E-state index in [-0.39, 0.29) is 11.3 Å². The van der Waals surface area contributed by atoms with Crippen LogP contribution in [0.2, 0.25) is 0 Å². The summed E-state index contributed by atoms with van der Waals surface area (Å²) >= 11 is 0. The Bertz CT molecular complexity index is 1140. The molecule has 0 bridgehead atoms. The largest absolute Gasteiger partial charge is 0.506 e. The Morgan fingerprint density at radius 3 is 2.62 bits per heavy atom. The number of aromatic hydroxyl groups is 1. The van der Waals surface area contributed by atoms with Gasteiger partial charge in [0.15, 0.2) is 0 Å². The third-order valence-corrected chi connectivity index (χ3v) is 3.81.